The van der Waals surface area contributed by atoms with E-state index in [-0.39, 0.29) is 17.5 Å². The molecule has 1 aliphatic rings. The normalized spacial score (nSPS) is 15.5. The minimum atomic E-state index is -0.0180. The molecule has 0 fully saturated rings. The quantitative estimate of drug-likeness (QED) is 0.904. The lowest BCUT2D eigenvalue weighted by molar-refractivity contribution is -0.122. The lowest BCUT2D eigenvalue weighted by atomic mass is 9.97. The summed E-state index contributed by atoms with van der Waals surface area (Å²) >= 11 is 1.65. The van der Waals surface area contributed by atoms with Crippen LogP contribution < -0.4 is 10.9 Å². The van der Waals surface area contributed by atoms with Gasteiger partial charge in [0.05, 0.1) is 11.7 Å². The molecule has 1 N–H and O–H groups in total. The number of hydrogen-bond acceptors (Lipinski definition) is 4. The van der Waals surface area contributed by atoms with E-state index in [2.05, 4.69) is 24.1 Å². The molecular weight excluding hydrogens is 322 g/mol. The van der Waals surface area contributed by atoms with Crippen molar-refractivity contribution in [2.75, 3.05) is 0 Å². The summed E-state index contributed by atoms with van der Waals surface area (Å²) in [6, 6.07) is 0.138. The Kier molecular flexibility index (Phi) is 5.04. The predicted octanol–water partition coefficient (Wildman–Crippen LogP) is 2.89. The second kappa shape index (κ2) is 7.05. The van der Waals surface area contributed by atoms with Crippen LogP contribution in [-0.2, 0) is 24.2 Å². The Balaban J connectivity index is 1.77. The van der Waals surface area contributed by atoms with Crippen molar-refractivity contribution in [2.45, 2.75) is 65.5 Å². The van der Waals surface area contributed by atoms with Crippen LogP contribution in [0.5, 0.6) is 0 Å². The molecule has 5 nitrogen and oxygen atoms in total. The lowest BCUT2D eigenvalue weighted by Crippen LogP contribution is -2.37. The van der Waals surface area contributed by atoms with Crippen LogP contribution in [0.3, 0.4) is 0 Å². The molecule has 3 rings (SSSR count). The standard InChI is InChI=1S/C18H25N3O2S/c1-11(2)12(3)20-15(22)8-9-21-10-19-17-16(18(21)23)13-6-4-5-7-14(13)24-17/h10-12H,4-9H2,1-3H3,(H,20,22)/t12-/m1/s1. The van der Waals surface area contributed by atoms with E-state index < -0.39 is 0 Å². The number of carbonyl (C=O) groups excluding carboxylic acids is 1. The maximum absolute atomic E-state index is 12.8. The van der Waals surface area contributed by atoms with E-state index in [1.165, 1.54) is 16.9 Å². The highest BCUT2D eigenvalue weighted by Gasteiger charge is 2.20. The van der Waals surface area contributed by atoms with Gasteiger partial charge in [-0.1, -0.05) is 13.8 Å². The third-order valence-electron chi connectivity index (χ3n) is 4.91. The summed E-state index contributed by atoms with van der Waals surface area (Å²) < 4.78 is 1.59. The van der Waals surface area contributed by atoms with Crippen LogP contribution in [0.15, 0.2) is 11.1 Å². The van der Waals surface area contributed by atoms with Crippen molar-refractivity contribution < 1.29 is 4.79 Å². The Morgan fingerprint density at radius 3 is 2.83 bits per heavy atom. The van der Waals surface area contributed by atoms with Crippen LogP contribution in [-0.4, -0.2) is 21.5 Å². The fourth-order valence-electron chi connectivity index (χ4n) is 3.06. The van der Waals surface area contributed by atoms with E-state index in [1.54, 1.807) is 22.2 Å². The summed E-state index contributed by atoms with van der Waals surface area (Å²) in [6.07, 6.45) is 6.26. The molecule has 0 bridgehead atoms. The van der Waals surface area contributed by atoms with Gasteiger partial charge in [0, 0.05) is 23.9 Å². The van der Waals surface area contributed by atoms with Crippen molar-refractivity contribution in [2.24, 2.45) is 5.92 Å². The van der Waals surface area contributed by atoms with Crippen LogP contribution in [0, 0.1) is 5.92 Å². The Morgan fingerprint density at radius 1 is 1.33 bits per heavy atom. The molecular formula is C18H25N3O2S. The Morgan fingerprint density at radius 2 is 2.08 bits per heavy atom. The van der Waals surface area contributed by atoms with Crippen LogP contribution in [0.1, 0.15) is 50.5 Å². The van der Waals surface area contributed by atoms with Crippen molar-refractivity contribution in [1.82, 2.24) is 14.9 Å². The molecule has 0 saturated carbocycles. The van der Waals surface area contributed by atoms with Crippen molar-refractivity contribution in [3.8, 4) is 0 Å². The molecule has 0 aromatic carbocycles. The number of nitrogens with one attached hydrogen (secondary N) is 1. The van der Waals surface area contributed by atoms with E-state index in [1.807, 2.05) is 6.92 Å². The highest BCUT2D eigenvalue weighted by Crippen LogP contribution is 2.33. The molecule has 130 valence electrons. The van der Waals surface area contributed by atoms with Gasteiger partial charge in [-0.25, -0.2) is 4.98 Å². The summed E-state index contributed by atoms with van der Waals surface area (Å²) in [6.45, 7) is 6.53. The molecule has 6 heteroatoms. The van der Waals surface area contributed by atoms with Crippen LogP contribution >= 0.6 is 11.3 Å². The number of carbonyl (C=O) groups is 1. The Bertz CT molecular complexity index is 806. The highest BCUT2D eigenvalue weighted by atomic mass is 32.1. The molecule has 2 heterocycles. The fraction of sp³-hybridized carbons (Fsp3) is 0.611. The van der Waals surface area contributed by atoms with E-state index in [9.17, 15) is 9.59 Å². The third-order valence-corrected chi connectivity index (χ3v) is 6.11. The molecule has 1 amide bonds. The van der Waals surface area contributed by atoms with E-state index in [0.717, 1.165) is 29.5 Å². The summed E-state index contributed by atoms with van der Waals surface area (Å²) in [5, 5.41) is 3.76. The predicted molar refractivity (Wildman–Crippen MR) is 97.6 cm³/mol. The lowest BCUT2D eigenvalue weighted by Gasteiger charge is -2.17. The second-order valence-electron chi connectivity index (χ2n) is 6.98. The van der Waals surface area contributed by atoms with Gasteiger partial charge in [-0.05, 0) is 44.1 Å². The number of amides is 1. The second-order valence-corrected chi connectivity index (χ2v) is 8.07. The molecule has 0 spiro atoms. The summed E-state index contributed by atoms with van der Waals surface area (Å²) in [5.41, 5.74) is 1.20. The molecule has 0 saturated heterocycles. The van der Waals surface area contributed by atoms with Crippen molar-refractivity contribution in [1.29, 1.82) is 0 Å². The first-order valence-corrected chi connectivity index (χ1v) is 9.58. The maximum atomic E-state index is 12.8. The third kappa shape index (κ3) is 3.38. The highest BCUT2D eigenvalue weighted by molar-refractivity contribution is 7.18. The Hall–Kier alpha value is -1.69. The minimum absolute atomic E-state index is 0.00380. The SMILES string of the molecule is CC(C)[C@@H](C)NC(=O)CCn1cnc2sc3c(c2c1=O)CCCC3. The molecule has 0 radical (unpaired) electrons. The van der Waals surface area contributed by atoms with Gasteiger partial charge in [-0.3, -0.25) is 14.2 Å². The summed E-state index contributed by atoms with van der Waals surface area (Å²) in [4.78, 5) is 31.5. The molecule has 0 unspecified atom stereocenters. The number of aryl methyl sites for hydroxylation is 3. The first-order chi connectivity index (χ1) is 11.5. The first-order valence-electron chi connectivity index (χ1n) is 8.76. The summed E-state index contributed by atoms with van der Waals surface area (Å²) in [7, 11) is 0. The van der Waals surface area contributed by atoms with Crippen molar-refractivity contribution in [3.63, 3.8) is 0 Å². The number of nitrogens with zero attached hydrogens (tertiary/aromatic N) is 2. The number of rotatable bonds is 5. The van der Waals surface area contributed by atoms with Crippen LogP contribution in [0.25, 0.3) is 10.2 Å². The largest absolute Gasteiger partial charge is 0.353 e. The molecule has 1 atom stereocenters. The smallest absolute Gasteiger partial charge is 0.262 e. The minimum Gasteiger partial charge on any atom is -0.353 e. The molecule has 1 aliphatic carbocycles. The van der Waals surface area contributed by atoms with Gasteiger partial charge in [0.1, 0.15) is 4.83 Å². The van der Waals surface area contributed by atoms with E-state index >= 15 is 0 Å². The van der Waals surface area contributed by atoms with Crippen molar-refractivity contribution >= 4 is 27.5 Å². The van der Waals surface area contributed by atoms with Gasteiger partial charge in [-0.2, -0.15) is 0 Å². The topological polar surface area (TPSA) is 64.0 Å². The number of hydrogen-bond donors (Lipinski definition) is 1. The average Bonchev–Trinajstić information content (AvgIpc) is 2.93. The number of fused-ring (bicyclic) bond motifs is 3. The molecule has 0 aliphatic heterocycles. The zero-order valence-electron chi connectivity index (χ0n) is 14.6. The Labute approximate surface area is 146 Å². The molecule has 24 heavy (non-hydrogen) atoms. The number of thiophene rings is 1. The maximum Gasteiger partial charge on any atom is 0.262 e. The van der Waals surface area contributed by atoms with Gasteiger partial charge in [0.2, 0.25) is 5.91 Å². The van der Waals surface area contributed by atoms with Gasteiger partial charge in [0.15, 0.2) is 0 Å². The zero-order valence-corrected chi connectivity index (χ0v) is 15.4. The van der Waals surface area contributed by atoms with Crippen LogP contribution in [0.4, 0.5) is 0 Å². The monoisotopic (exact) mass is 347 g/mol. The average molecular weight is 347 g/mol. The summed E-state index contributed by atoms with van der Waals surface area (Å²) in [5.74, 6) is 0.377. The van der Waals surface area contributed by atoms with Gasteiger partial charge < -0.3 is 5.32 Å². The molecule has 2 aromatic heterocycles. The first kappa shape index (κ1) is 17.1. The van der Waals surface area contributed by atoms with Gasteiger partial charge in [-0.15, -0.1) is 11.3 Å². The molecule has 2 aromatic rings. The zero-order chi connectivity index (χ0) is 17.3. The van der Waals surface area contributed by atoms with E-state index in [4.69, 9.17) is 0 Å². The van der Waals surface area contributed by atoms with E-state index in [0.29, 0.717) is 18.9 Å². The van der Waals surface area contributed by atoms with Crippen molar-refractivity contribution in [3.05, 3.63) is 27.1 Å². The number of aromatic nitrogens is 2. The van der Waals surface area contributed by atoms with Gasteiger partial charge >= 0.3 is 0 Å². The van der Waals surface area contributed by atoms with Gasteiger partial charge in [0.25, 0.3) is 5.56 Å². The fourth-order valence-corrected chi connectivity index (χ4v) is 4.27. The van der Waals surface area contributed by atoms with Crippen LogP contribution in [0.2, 0.25) is 0 Å².